The lowest BCUT2D eigenvalue weighted by molar-refractivity contribution is -0.116. The first-order chi connectivity index (χ1) is 11.6. The first-order valence-electron chi connectivity index (χ1n) is 7.57. The molecule has 0 unspecified atom stereocenters. The Bertz CT molecular complexity index is 794. The van der Waals surface area contributed by atoms with Gasteiger partial charge in [-0.05, 0) is 49.2 Å². The number of hydrogen-bond acceptors (Lipinski definition) is 5. The van der Waals surface area contributed by atoms with E-state index < -0.39 is 0 Å². The molecule has 1 amide bonds. The number of carbonyl (C=O) groups is 2. The summed E-state index contributed by atoms with van der Waals surface area (Å²) in [4.78, 5) is 24.9. The third-order valence-electron chi connectivity index (χ3n) is 3.50. The topological polar surface area (TPSA) is 64.6 Å². The summed E-state index contributed by atoms with van der Waals surface area (Å²) in [6.07, 6.45) is 3.94. The van der Waals surface area contributed by atoms with Crippen molar-refractivity contribution in [2.45, 2.75) is 13.3 Å². The van der Waals surface area contributed by atoms with Crippen molar-refractivity contribution in [2.24, 2.45) is 0 Å². The number of ether oxygens (including phenoxy) is 2. The van der Waals surface area contributed by atoms with Gasteiger partial charge in [-0.25, -0.2) is 0 Å². The SMILES string of the molecule is CC(=O)c1ccc(CCNC(=O)C=Cc2ccc3c(c2)OCO3)s1. The van der Waals surface area contributed by atoms with Crippen LogP contribution in [0, 0.1) is 0 Å². The van der Waals surface area contributed by atoms with Crippen molar-refractivity contribution in [2.75, 3.05) is 13.3 Å². The smallest absolute Gasteiger partial charge is 0.244 e. The minimum Gasteiger partial charge on any atom is -0.454 e. The fourth-order valence-corrected chi connectivity index (χ4v) is 3.16. The number of amides is 1. The van der Waals surface area contributed by atoms with Gasteiger partial charge in [0.25, 0.3) is 0 Å². The first kappa shape index (κ1) is 16.3. The Morgan fingerprint density at radius 2 is 2.04 bits per heavy atom. The normalized spacial score (nSPS) is 12.5. The van der Waals surface area contributed by atoms with Crippen molar-refractivity contribution in [1.29, 1.82) is 0 Å². The number of fused-ring (bicyclic) bond motifs is 1. The van der Waals surface area contributed by atoms with Gasteiger partial charge in [-0.1, -0.05) is 6.07 Å². The summed E-state index contributed by atoms with van der Waals surface area (Å²) in [7, 11) is 0. The maximum Gasteiger partial charge on any atom is 0.244 e. The zero-order valence-corrected chi connectivity index (χ0v) is 14.0. The number of ketones is 1. The zero-order chi connectivity index (χ0) is 16.9. The van der Waals surface area contributed by atoms with Crippen LogP contribution in [0.2, 0.25) is 0 Å². The lowest BCUT2D eigenvalue weighted by atomic mass is 10.2. The van der Waals surface area contributed by atoms with Crippen molar-refractivity contribution in [1.82, 2.24) is 5.32 Å². The van der Waals surface area contributed by atoms with Crippen LogP contribution in [0.1, 0.15) is 27.0 Å². The summed E-state index contributed by atoms with van der Waals surface area (Å²) < 4.78 is 10.5. The number of carbonyl (C=O) groups excluding carboxylic acids is 2. The van der Waals surface area contributed by atoms with E-state index in [2.05, 4.69) is 5.32 Å². The fraction of sp³-hybridized carbons (Fsp3) is 0.222. The molecule has 2 aromatic rings. The molecule has 0 radical (unpaired) electrons. The van der Waals surface area contributed by atoms with E-state index >= 15 is 0 Å². The molecule has 1 aromatic carbocycles. The number of Topliss-reactive ketones (excluding diaryl/α,β-unsaturated/α-hetero) is 1. The molecule has 0 bridgehead atoms. The van der Waals surface area contributed by atoms with Crippen LogP contribution in [0.15, 0.2) is 36.4 Å². The molecule has 1 aromatic heterocycles. The lowest BCUT2D eigenvalue weighted by Gasteiger charge is -2.01. The second kappa shape index (κ2) is 7.31. The average molecular weight is 343 g/mol. The highest BCUT2D eigenvalue weighted by atomic mass is 32.1. The minimum atomic E-state index is -0.156. The van der Waals surface area contributed by atoms with E-state index in [4.69, 9.17) is 9.47 Å². The number of rotatable bonds is 6. The third kappa shape index (κ3) is 4.02. The summed E-state index contributed by atoms with van der Waals surface area (Å²) >= 11 is 1.47. The standard InChI is InChI=1S/C18H17NO4S/c1-12(20)17-6-4-14(24-17)8-9-19-18(21)7-3-13-2-5-15-16(10-13)23-11-22-15/h2-7,10H,8-9,11H2,1H3,(H,19,21). The van der Waals surface area contributed by atoms with Crippen LogP contribution in [0.3, 0.4) is 0 Å². The molecule has 3 rings (SSSR count). The van der Waals surface area contributed by atoms with Crippen LogP contribution in [0.25, 0.3) is 6.08 Å². The van der Waals surface area contributed by atoms with E-state index in [0.717, 1.165) is 21.1 Å². The predicted molar refractivity (Wildman–Crippen MR) is 92.6 cm³/mol. The molecule has 24 heavy (non-hydrogen) atoms. The van der Waals surface area contributed by atoms with Gasteiger partial charge in [-0.2, -0.15) is 0 Å². The molecule has 0 saturated carbocycles. The van der Waals surface area contributed by atoms with E-state index in [1.54, 1.807) is 13.0 Å². The van der Waals surface area contributed by atoms with E-state index in [9.17, 15) is 9.59 Å². The molecule has 5 nitrogen and oxygen atoms in total. The summed E-state index contributed by atoms with van der Waals surface area (Å²) in [5.41, 5.74) is 0.874. The first-order valence-corrected chi connectivity index (χ1v) is 8.39. The molecule has 0 spiro atoms. The molecule has 0 atom stereocenters. The van der Waals surface area contributed by atoms with Crippen molar-refractivity contribution >= 4 is 29.1 Å². The molecular formula is C18H17NO4S. The molecule has 0 aliphatic carbocycles. The Kier molecular flexibility index (Phi) is 4.96. The van der Waals surface area contributed by atoms with Crippen LogP contribution < -0.4 is 14.8 Å². The van der Waals surface area contributed by atoms with Gasteiger partial charge in [0, 0.05) is 17.5 Å². The number of nitrogens with one attached hydrogen (secondary N) is 1. The van der Waals surface area contributed by atoms with Crippen molar-refractivity contribution in [3.05, 3.63) is 51.7 Å². The number of thiophene rings is 1. The van der Waals surface area contributed by atoms with Crippen LogP contribution >= 0.6 is 11.3 Å². The molecule has 2 heterocycles. The number of hydrogen-bond donors (Lipinski definition) is 1. The summed E-state index contributed by atoms with van der Waals surface area (Å²) in [5, 5.41) is 2.83. The Balaban J connectivity index is 1.47. The Morgan fingerprint density at radius 3 is 2.83 bits per heavy atom. The van der Waals surface area contributed by atoms with Crippen LogP contribution in [-0.2, 0) is 11.2 Å². The van der Waals surface area contributed by atoms with Crippen LogP contribution in [0.4, 0.5) is 0 Å². The lowest BCUT2D eigenvalue weighted by Crippen LogP contribution is -2.23. The minimum absolute atomic E-state index is 0.0712. The van der Waals surface area contributed by atoms with Gasteiger partial charge < -0.3 is 14.8 Å². The highest BCUT2D eigenvalue weighted by molar-refractivity contribution is 7.14. The van der Waals surface area contributed by atoms with Gasteiger partial charge in [0.1, 0.15) is 0 Å². The fourth-order valence-electron chi connectivity index (χ4n) is 2.26. The largest absolute Gasteiger partial charge is 0.454 e. The molecule has 1 aliphatic rings. The maximum atomic E-state index is 11.8. The van der Waals surface area contributed by atoms with Gasteiger partial charge in [0.15, 0.2) is 17.3 Å². The molecule has 0 fully saturated rings. The summed E-state index contributed by atoms with van der Waals surface area (Å²) in [5.74, 6) is 1.33. The van der Waals surface area contributed by atoms with E-state index in [-0.39, 0.29) is 18.5 Å². The Morgan fingerprint density at radius 1 is 1.21 bits per heavy atom. The van der Waals surface area contributed by atoms with Crippen LogP contribution in [-0.4, -0.2) is 25.0 Å². The highest BCUT2D eigenvalue weighted by Crippen LogP contribution is 2.32. The van der Waals surface area contributed by atoms with E-state index in [1.165, 1.54) is 17.4 Å². The summed E-state index contributed by atoms with van der Waals surface area (Å²) in [6.45, 7) is 2.32. The van der Waals surface area contributed by atoms with Gasteiger partial charge >= 0.3 is 0 Å². The molecular weight excluding hydrogens is 326 g/mol. The average Bonchev–Trinajstić information content (AvgIpc) is 3.21. The van der Waals surface area contributed by atoms with Gasteiger partial charge in [-0.3, -0.25) is 9.59 Å². The van der Waals surface area contributed by atoms with Gasteiger partial charge in [-0.15, -0.1) is 11.3 Å². The molecule has 1 N–H and O–H groups in total. The van der Waals surface area contributed by atoms with Gasteiger partial charge in [0.2, 0.25) is 12.7 Å². The molecule has 0 saturated heterocycles. The van der Waals surface area contributed by atoms with Crippen molar-refractivity contribution in [3.63, 3.8) is 0 Å². The summed E-state index contributed by atoms with van der Waals surface area (Å²) in [6, 6.07) is 9.27. The van der Waals surface area contributed by atoms with E-state index in [1.807, 2.05) is 30.3 Å². The predicted octanol–water partition coefficient (Wildman–Crippen LogP) is 3.05. The second-order valence-corrected chi connectivity index (χ2v) is 6.48. The van der Waals surface area contributed by atoms with Crippen LogP contribution in [0.5, 0.6) is 11.5 Å². The third-order valence-corrected chi connectivity index (χ3v) is 4.75. The van der Waals surface area contributed by atoms with Crippen molar-refractivity contribution < 1.29 is 19.1 Å². The molecule has 1 aliphatic heterocycles. The Labute approximate surface area is 143 Å². The monoisotopic (exact) mass is 343 g/mol. The second-order valence-electron chi connectivity index (χ2n) is 5.31. The molecule has 124 valence electrons. The maximum absolute atomic E-state index is 11.8. The number of benzene rings is 1. The zero-order valence-electron chi connectivity index (χ0n) is 13.2. The van der Waals surface area contributed by atoms with Crippen molar-refractivity contribution in [3.8, 4) is 11.5 Å². The quantitative estimate of drug-likeness (QED) is 0.647. The highest BCUT2D eigenvalue weighted by Gasteiger charge is 2.12. The van der Waals surface area contributed by atoms with Gasteiger partial charge in [0.05, 0.1) is 4.88 Å². The van der Waals surface area contributed by atoms with E-state index in [0.29, 0.717) is 18.7 Å². The molecule has 6 heteroatoms. The Hall–Kier alpha value is -2.60.